The molecule has 0 aliphatic carbocycles. The average Bonchev–Trinajstić information content (AvgIpc) is 3.10. The van der Waals surface area contributed by atoms with Crippen molar-refractivity contribution in [2.45, 2.75) is 206 Å². The molecule has 0 aliphatic heterocycles. The average molecular weight is 757 g/mol. The third kappa shape index (κ3) is 39.4. The van der Waals surface area contributed by atoms with Crippen molar-refractivity contribution in [3.05, 3.63) is 36.5 Å². The lowest BCUT2D eigenvalue weighted by molar-refractivity contribution is -0.161. The minimum atomic E-state index is -4.79. The maximum Gasteiger partial charge on any atom is 0.469 e. The summed E-state index contributed by atoms with van der Waals surface area (Å²) in [7, 11) is -4.79. The number of esters is 2. The summed E-state index contributed by atoms with van der Waals surface area (Å²) in [5, 5.41) is 10.2. The summed E-state index contributed by atoms with van der Waals surface area (Å²) in [6.07, 6.45) is 40.4. The van der Waals surface area contributed by atoms with Crippen LogP contribution in [0.3, 0.4) is 0 Å². The number of phosphoric acid groups is 1. The summed E-state index contributed by atoms with van der Waals surface area (Å²) >= 11 is 0. The van der Waals surface area contributed by atoms with Crippen LogP contribution in [0.4, 0.5) is 0 Å². The molecule has 0 aromatic rings. The molecule has 0 radical (unpaired) electrons. The SMILES string of the molecule is CCCCCCCC/C=C/C/C=C/C=C/C(O)CCCC(=O)OC[C@H](COP(=O)(O)O)OC(=O)CCCCCCCCCCCCCCCCCC. The van der Waals surface area contributed by atoms with Gasteiger partial charge in [0.1, 0.15) is 6.61 Å². The lowest BCUT2D eigenvalue weighted by Crippen LogP contribution is -2.29. The fourth-order valence-electron chi connectivity index (χ4n) is 5.85. The number of aliphatic hydroxyl groups excluding tert-OH is 1. The molecule has 0 amide bonds. The molecule has 9 nitrogen and oxygen atoms in total. The van der Waals surface area contributed by atoms with Crippen molar-refractivity contribution in [1.82, 2.24) is 0 Å². The zero-order valence-corrected chi connectivity index (χ0v) is 34.0. The molecular weight excluding hydrogens is 679 g/mol. The highest BCUT2D eigenvalue weighted by molar-refractivity contribution is 7.46. The van der Waals surface area contributed by atoms with Crippen LogP contribution in [0.5, 0.6) is 0 Å². The Balaban J connectivity index is 4.09. The first-order valence-corrected chi connectivity index (χ1v) is 22.4. The summed E-state index contributed by atoms with van der Waals surface area (Å²) in [6.45, 7) is 3.52. The highest BCUT2D eigenvalue weighted by atomic mass is 31.2. The second-order valence-corrected chi connectivity index (χ2v) is 15.4. The zero-order valence-electron chi connectivity index (χ0n) is 33.1. The van der Waals surface area contributed by atoms with Crippen molar-refractivity contribution in [1.29, 1.82) is 0 Å². The summed E-state index contributed by atoms with van der Waals surface area (Å²) in [5.41, 5.74) is 0. The van der Waals surface area contributed by atoms with E-state index in [2.05, 4.69) is 30.5 Å². The summed E-state index contributed by atoms with van der Waals surface area (Å²) in [5.74, 6) is -1.08. The van der Waals surface area contributed by atoms with Gasteiger partial charge in [0.2, 0.25) is 0 Å². The minimum absolute atomic E-state index is 0.0450. The Kier molecular flexibility index (Phi) is 36.3. The number of phosphoric ester groups is 1. The largest absolute Gasteiger partial charge is 0.469 e. The number of carbonyl (C=O) groups excluding carboxylic acids is 2. The van der Waals surface area contributed by atoms with Crippen molar-refractivity contribution in [3.8, 4) is 0 Å². The van der Waals surface area contributed by atoms with Crippen LogP contribution in [-0.2, 0) is 28.2 Å². The number of rotatable bonds is 38. The van der Waals surface area contributed by atoms with Crippen LogP contribution in [-0.4, -0.2) is 52.3 Å². The molecule has 0 bridgehead atoms. The first-order valence-electron chi connectivity index (χ1n) is 20.9. The molecule has 0 aliphatic rings. The maximum absolute atomic E-state index is 12.4. The monoisotopic (exact) mass is 757 g/mol. The highest BCUT2D eigenvalue weighted by Gasteiger charge is 2.23. The predicted octanol–water partition coefficient (Wildman–Crippen LogP) is 11.5. The van der Waals surface area contributed by atoms with Crippen LogP contribution < -0.4 is 0 Å². The van der Waals surface area contributed by atoms with Gasteiger partial charge in [0.15, 0.2) is 6.10 Å². The number of hydrogen-bond acceptors (Lipinski definition) is 7. The summed E-state index contributed by atoms with van der Waals surface area (Å²) in [6, 6.07) is 0. The molecule has 0 aromatic carbocycles. The normalized spacial score (nSPS) is 13.4. The number of unbranched alkanes of at least 4 members (excludes halogenated alkanes) is 21. The molecule has 0 spiro atoms. The van der Waals surface area contributed by atoms with Gasteiger partial charge in [0.05, 0.1) is 12.7 Å². The Labute approximate surface area is 317 Å². The van der Waals surface area contributed by atoms with Crippen molar-refractivity contribution in [2.75, 3.05) is 13.2 Å². The Morgan fingerprint density at radius 3 is 1.63 bits per heavy atom. The van der Waals surface area contributed by atoms with E-state index in [0.29, 0.717) is 19.3 Å². The van der Waals surface area contributed by atoms with E-state index in [-0.39, 0.29) is 19.4 Å². The van der Waals surface area contributed by atoms with E-state index in [4.69, 9.17) is 19.3 Å². The van der Waals surface area contributed by atoms with Crippen molar-refractivity contribution < 1.29 is 43.0 Å². The van der Waals surface area contributed by atoms with Crippen molar-refractivity contribution in [3.63, 3.8) is 0 Å². The van der Waals surface area contributed by atoms with E-state index in [0.717, 1.165) is 32.1 Å². The quantitative estimate of drug-likeness (QED) is 0.0185. The van der Waals surface area contributed by atoms with Crippen LogP contribution in [0, 0.1) is 0 Å². The Morgan fingerprint density at radius 2 is 1.10 bits per heavy atom. The molecule has 3 N–H and O–H groups in total. The lowest BCUT2D eigenvalue weighted by Gasteiger charge is -2.18. The third-order valence-electron chi connectivity index (χ3n) is 9.02. The van der Waals surface area contributed by atoms with Gasteiger partial charge in [-0.15, -0.1) is 0 Å². The maximum atomic E-state index is 12.4. The molecule has 0 heterocycles. The minimum Gasteiger partial charge on any atom is -0.462 e. The second kappa shape index (κ2) is 37.5. The van der Waals surface area contributed by atoms with Crippen molar-refractivity contribution >= 4 is 19.8 Å². The summed E-state index contributed by atoms with van der Waals surface area (Å²) < 4.78 is 26.3. The second-order valence-electron chi connectivity index (χ2n) is 14.2. The van der Waals surface area contributed by atoms with E-state index in [1.165, 1.54) is 116 Å². The molecule has 52 heavy (non-hydrogen) atoms. The van der Waals surface area contributed by atoms with Gasteiger partial charge in [0, 0.05) is 12.8 Å². The smallest absolute Gasteiger partial charge is 0.462 e. The van der Waals surface area contributed by atoms with Crippen LogP contribution in [0.1, 0.15) is 194 Å². The van der Waals surface area contributed by atoms with E-state index < -0.39 is 38.6 Å². The number of ether oxygens (including phenoxy) is 2. The fraction of sp³-hybridized carbons (Fsp3) is 0.810. The molecule has 0 aromatic heterocycles. The number of hydrogen-bond donors (Lipinski definition) is 3. The number of allylic oxidation sites excluding steroid dienone is 5. The van der Waals surface area contributed by atoms with Gasteiger partial charge in [0.25, 0.3) is 0 Å². The number of aliphatic hydroxyl groups is 1. The van der Waals surface area contributed by atoms with Crippen LogP contribution in [0.15, 0.2) is 36.5 Å². The standard InChI is InChI=1S/C42H77O9P/c1-3-5-7-9-11-13-15-17-18-19-21-23-25-27-29-31-35-42(45)51-40(38-50-52(46,47)48)37-49-41(44)36-32-34-39(43)33-30-28-26-24-22-20-16-14-12-10-8-6-4-2/h20,22,26,28,30,33,39-40,43H,3-19,21,23-25,27,29,31-32,34-38H2,1-2H3,(H2,46,47,48)/b22-20+,28-26+,33-30+/t39?,40-/m1/s1. The van der Waals surface area contributed by atoms with Crippen LogP contribution in [0.2, 0.25) is 0 Å². The van der Waals surface area contributed by atoms with E-state index >= 15 is 0 Å². The third-order valence-corrected chi connectivity index (χ3v) is 9.50. The van der Waals surface area contributed by atoms with E-state index in [1.807, 2.05) is 12.2 Å². The molecule has 2 atom stereocenters. The van der Waals surface area contributed by atoms with Gasteiger partial charge in [-0.2, -0.15) is 0 Å². The number of carbonyl (C=O) groups is 2. The van der Waals surface area contributed by atoms with Gasteiger partial charge in [-0.1, -0.05) is 179 Å². The van der Waals surface area contributed by atoms with Crippen molar-refractivity contribution in [2.24, 2.45) is 0 Å². The fourth-order valence-corrected chi connectivity index (χ4v) is 6.21. The van der Waals surface area contributed by atoms with Gasteiger partial charge in [-0.3, -0.25) is 14.1 Å². The molecular formula is C42H77O9P. The Hall–Kier alpha value is -1.77. The topological polar surface area (TPSA) is 140 Å². The predicted molar refractivity (Wildman–Crippen MR) is 213 cm³/mol. The van der Waals surface area contributed by atoms with Gasteiger partial charge in [-0.25, -0.2) is 4.57 Å². The first-order chi connectivity index (χ1) is 25.2. The molecule has 0 saturated carbocycles. The van der Waals surface area contributed by atoms with Gasteiger partial charge in [-0.05, 0) is 38.5 Å². The molecule has 0 fully saturated rings. The lowest BCUT2D eigenvalue weighted by atomic mass is 10.0. The highest BCUT2D eigenvalue weighted by Crippen LogP contribution is 2.36. The van der Waals surface area contributed by atoms with Crippen LogP contribution in [0.25, 0.3) is 0 Å². The molecule has 0 rings (SSSR count). The van der Waals surface area contributed by atoms with E-state index in [1.54, 1.807) is 12.2 Å². The van der Waals surface area contributed by atoms with Gasteiger partial charge < -0.3 is 24.4 Å². The molecule has 10 heteroatoms. The molecule has 1 unspecified atom stereocenters. The molecule has 0 saturated heterocycles. The van der Waals surface area contributed by atoms with Crippen LogP contribution >= 0.6 is 7.82 Å². The Bertz CT molecular complexity index is 959. The first kappa shape index (κ1) is 50.2. The molecule has 304 valence electrons. The summed E-state index contributed by atoms with van der Waals surface area (Å²) in [4.78, 5) is 42.8. The zero-order chi connectivity index (χ0) is 38.4. The van der Waals surface area contributed by atoms with Gasteiger partial charge >= 0.3 is 19.8 Å². The van der Waals surface area contributed by atoms with E-state index in [9.17, 15) is 19.3 Å². The Morgan fingerprint density at radius 1 is 0.596 bits per heavy atom.